The van der Waals surface area contributed by atoms with Crippen molar-refractivity contribution in [2.24, 2.45) is 0 Å². The second-order valence-electron chi connectivity index (χ2n) is 3.91. The Hall–Kier alpha value is -2.03. The zero-order valence-electron chi connectivity index (χ0n) is 10.3. The molecule has 3 nitrogen and oxygen atoms in total. The molecule has 0 aliphatic rings. The molecule has 1 aromatic carbocycles. The second-order valence-corrected chi connectivity index (χ2v) is 3.91. The van der Waals surface area contributed by atoms with Crippen LogP contribution >= 0.6 is 0 Å². The van der Waals surface area contributed by atoms with Gasteiger partial charge in [0.15, 0.2) is 0 Å². The van der Waals surface area contributed by atoms with Gasteiger partial charge in [0.2, 0.25) is 5.88 Å². The third-order valence-electron chi connectivity index (χ3n) is 2.75. The zero-order chi connectivity index (χ0) is 12.3. The van der Waals surface area contributed by atoms with Gasteiger partial charge in [-0.2, -0.15) is 4.98 Å². The van der Waals surface area contributed by atoms with Gasteiger partial charge in [-0.3, -0.25) is 0 Å². The maximum atomic E-state index is 5.78. The van der Waals surface area contributed by atoms with Gasteiger partial charge in [-0.25, -0.2) is 0 Å². The molecule has 0 fully saturated rings. The van der Waals surface area contributed by atoms with E-state index in [0.29, 0.717) is 5.88 Å². The lowest BCUT2D eigenvalue weighted by Crippen LogP contribution is -1.95. The molecule has 1 heterocycles. The lowest BCUT2D eigenvalue weighted by molar-refractivity contribution is 0.460. The van der Waals surface area contributed by atoms with E-state index in [4.69, 9.17) is 4.74 Å². The molecule has 0 saturated carbocycles. The predicted octanol–water partition coefficient (Wildman–Crippen LogP) is 3.53. The first kappa shape index (κ1) is 11.5. The van der Waals surface area contributed by atoms with Gasteiger partial charge < -0.3 is 10.1 Å². The van der Waals surface area contributed by atoms with Crippen molar-refractivity contribution in [3.05, 3.63) is 47.5 Å². The molecular formula is C14H16N2O. The van der Waals surface area contributed by atoms with E-state index in [0.717, 1.165) is 17.1 Å². The molecule has 0 aliphatic heterocycles. The van der Waals surface area contributed by atoms with Crippen molar-refractivity contribution in [1.29, 1.82) is 0 Å². The molecule has 0 aliphatic carbocycles. The van der Waals surface area contributed by atoms with Crippen molar-refractivity contribution in [3.63, 3.8) is 0 Å². The molecule has 0 bridgehead atoms. The lowest BCUT2D eigenvalue weighted by Gasteiger charge is -2.10. The minimum absolute atomic E-state index is 0.602. The first-order valence-corrected chi connectivity index (χ1v) is 5.59. The van der Waals surface area contributed by atoms with E-state index in [2.05, 4.69) is 23.3 Å². The predicted molar refractivity (Wildman–Crippen MR) is 69.8 cm³/mol. The topological polar surface area (TPSA) is 34.1 Å². The van der Waals surface area contributed by atoms with Crippen molar-refractivity contribution < 1.29 is 4.74 Å². The van der Waals surface area contributed by atoms with Crippen LogP contribution in [0.2, 0.25) is 0 Å². The Bertz CT molecular complexity index is 523. The van der Waals surface area contributed by atoms with Crippen molar-refractivity contribution in [1.82, 2.24) is 4.98 Å². The molecule has 1 N–H and O–H groups in total. The standard InChI is InChI=1S/C14H16N2O/c1-10-6-4-7-12(11(10)2)17-14-9-5-8-13(15-3)16-14/h4-9H,1-3H3,(H,15,16). The Morgan fingerprint density at radius 3 is 2.59 bits per heavy atom. The summed E-state index contributed by atoms with van der Waals surface area (Å²) in [5, 5.41) is 2.99. The fourth-order valence-electron chi connectivity index (χ4n) is 1.56. The van der Waals surface area contributed by atoms with Crippen LogP contribution in [0.15, 0.2) is 36.4 Å². The van der Waals surface area contributed by atoms with Gasteiger partial charge in [-0.05, 0) is 37.1 Å². The molecule has 0 saturated heterocycles. The lowest BCUT2D eigenvalue weighted by atomic mass is 10.1. The minimum atomic E-state index is 0.602. The van der Waals surface area contributed by atoms with Crippen molar-refractivity contribution in [2.75, 3.05) is 12.4 Å². The highest BCUT2D eigenvalue weighted by Gasteiger charge is 2.04. The van der Waals surface area contributed by atoms with Gasteiger partial charge in [0, 0.05) is 13.1 Å². The normalized spacial score (nSPS) is 10.1. The van der Waals surface area contributed by atoms with Crippen LogP contribution in [0.3, 0.4) is 0 Å². The van der Waals surface area contributed by atoms with Crippen LogP contribution in [0.1, 0.15) is 11.1 Å². The van der Waals surface area contributed by atoms with Crippen molar-refractivity contribution in [3.8, 4) is 11.6 Å². The number of nitrogens with zero attached hydrogens (tertiary/aromatic N) is 1. The van der Waals surface area contributed by atoms with Gasteiger partial charge in [-0.1, -0.05) is 18.2 Å². The SMILES string of the molecule is CNc1cccc(Oc2cccc(C)c2C)n1. The van der Waals surface area contributed by atoms with E-state index in [-0.39, 0.29) is 0 Å². The number of pyridine rings is 1. The van der Waals surface area contributed by atoms with Crippen molar-refractivity contribution >= 4 is 5.82 Å². The average Bonchev–Trinajstić information content (AvgIpc) is 2.35. The summed E-state index contributed by atoms with van der Waals surface area (Å²) in [6.07, 6.45) is 0. The monoisotopic (exact) mass is 228 g/mol. The largest absolute Gasteiger partial charge is 0.439 e. The summed E-state index contributed by atoms with van der Waals surface area (Å²) in [5.41, 5.74) is 2.36. The van der Waals surface area contributed by atoms with Gasteiger partial charge >= 0.3 is 0 Å². The van der Waals surface area contributed by atoms with E-state index >= 15 is 0 Å². The molecule has 1 aromatic heterocycles. The Labute approximate surface area is 101 Å². The highest BCUT2D eigenvalue weighted by molar-refractivity contribution is 5.42. The molecule has 0 spiro atoms. The van der Waals surface area contributed by atoms with Gasteiger partial charge in [-0.15, -0.1) is 0 Å². The maximum absolute atomic E-state index is 5.78. The molecule has 0 radical (unpaired) electrons. The van der Waals surface area contributed by atoms with Crippen LogP contribution in [0.4, 0.5) is 5.82 Å². The molecule has 2 aromatic rings. The maximum Gasteiger partial charge on any atom is 0.221 e. The summed E-state index contributed by atoms with van der Waals surface area (Å²) < 4.78 is 5.78. The van der Waals surface area contributed by atoms with Crippen LogP contribution in [0.25, 0.3) is 0 Å². The Morgan fingerprint density at radius 2 is 1.82 bits per heavy atom. The number of benzene rings is 1. The van der Waals surface area contributed by atoms with Crippen LogP contribution in [-0.4, -0.2) is 12.0 Å². The van der Waals surface area contributed by atoms with E-state index < -0.39 is 0 Å². The molecule has 3 heteroatoms. The first-order valence-electron chi connectivity index (χ1n) is 5.59. The molecule has 17 heavy (non-hydrogen) atoms. The second kappa shape index (κ2) is 4.87. The summed E-state index contributed by atoms with van der Waals surface area (Å²) in [4.78, 5) is 4.32. The van der Waals surface area contributed by atoms with Crippen LogP contribution in [-0.2, 0) is 0 Å². The van der Waals surface area contributed by atoms with Crippen molar-refractivity contribution in [2.45, 2.75) is 13.8 Å². The molecule has 2 rings (SSSR count). The third-order valence-corrected chi connectivity index (χ3v) is 2.75. The number of nitrogens with one attached hydrogen (secondary N) is 1. The molecule has 88 valence electrons. The van der Waals surface area contributed by atoms with Crippen LogP contribution in [0.5, 0.6) is 11.6 Å². The number of hydrogen-bond donors (Lipinski definition) is 1. The average molecular weight is 228 g/mol. The van der Waals surface area contributed by atoms with Gasteiger partial charge in [0.1, 0.15) is 11.6 Å². The van der Waals surface area contributed by atoms with Gasteiger partial charge in [0.25, 0.3) is 0 Å². The minimum Gasteiger partial charge on any atom is -0.439 e. The molecule has 0 atom stereocenters. The summed E-state index contributed by atoms with van der Waals surface area (Å²) in [7, 11) is 1.84. The highest BCUT2D eigenvalue weighted by Crippen LogP contribution is 2.26. The van der Waals surface area contributed by atoms with Crippen LogP contribution in [0, 0.1) is 13.8 Å². The Morgan fingerprint density at radius 1 is 1.06 bits per heavy atom. The summed E-state index contributed by atoms with van der Waals surface area (Å²) in [5.74, 6) is 2.25. The van der Waals surface area contributed by atoms with Gasteiger partial charge in [0.05, 0.1) is 0 Å². The summed E-state index contributed by atoms with van der Waals surface area (Å²) >= 11 is 0. The Balaban J connectivity index is 2.28. The Kier molecular flexibility index (Phi) is 3.28. The quantitative estimate of drug-likeness (QED) is 0.872. The van der Waals surface area contributed by atoms with Crippen LogP contribution < -0.4 is 10.1 Å². The van der Waals surface area contributed by atoms with E-state index in [1.807, 2.05) is 44.3 Å². The number of aryl methyl sites for hydroxylation is 1. The smallest absolute Gasteiger partial charge is 0.221 e. The molecule has 0 amide bonds. The summed E-state index contributed by atoms with van der Waals surface area (Å²) in [6, 6.07) is 11.7. The zero-order valence-corrected chi connectivity index (χ0v) is 10.3. The van der Waals surface area contributed by atoms with E-state index in [1.165, 1.54) is 5.56 Å². The number of aromatic nitrogens is 1. The molecular weight excluding hydrogens is 212 g/mol. The number of rotatable bonds is 3. The van der Waals surface area contributed by atoms with E-state index in [9.17, 15) is 0 Å². The number of anilines is 1. The first-order chi connectivity index (χ1) is 8.20. The fourth-order valence-corrected chi connectivity index (χ4v) is 1.56. The summed E-state index contributed by atoms with van der Waals surface area (Å²) in [6.45, 7) is 4.12. The third kappa shape index (κ3) is 2.56. The fraction of sp³-hybridized carbons (Fsp3) is 0.214. The highest BCUT2D eigenvalue weighted by atomic mass is 16.5. The number of hydrogen-bond acceptors (Lipinski definition) is 3. The number of ether oxygens (including phenoxy) is 1. The van der Waals surface area contributed by atoms with E-state index in [1.54, 1.807) is 0 Å². The molecule has 0 unspecified atom stereocenters.